The number of rotatable bonds is 5. The number of methoxy groups -OCH3 is 1. The summed E-state index contributed by atoms with van der Waals surface area (Å²) in [4.78, 5) is 30.9. The highest BCUT2D eigenvalue weighted by molar-refractivity contribution is 5.95. The third-order valence-electron chi connectivity index (χ3n) is 6.29. The van der Waals surface area contributed by atoms with Gasteiger partial charge in [-0.15, -0.1) is 0 Å². The monoisotopic (exact) mass is 423 g/mol. The van der Waals surface area contributed by atoms with E-state index in [1.54, 1.807) is 18.5 Å². The van der Waals surface area contributed by atoms with E-state index in [2.05, 4.69) is 22.4 Å². The van der Waals surface area contributed by atoms with Gasteiger partial charge in [0, 0.05) is 18.3 Å². The summed E-state index contributed by atoms with van der Waals surface area (Å²) >= 11 is 0. The molecule has 0 spiro atoms. The lowest BCUT2D eigenvalue weighted by Crippen LogP contribution is -2.44. The zero-order chi connectivity index (χ0) is 22.0. The van der Waals surface area contributed by atoms with E-state index in [0.717, 1.165) is 31.2 Å². The number of carbonyl (C=O) groups excluding carboxylic acids is 2. The second-order valence-corrected chi connectivity index (χ2v) is 8.75. The predicted molar refractivity (Wildman–Crippen MR) is 117 cm³/mol. The van der Waals surface area contributed by atoms with Crippen molar-refractivity contribution in [1.82, 2.24) is 9.88 Å². The number of nitrogens with zero attached hydrogens (tertiary/aromatic N) is 2. The van der Waals surface area contributed by atoms with Crippen LogP contribution in [0.5, 0.6) is 0 Å². The lowest BCUT2D eigenvalue weighted by atomic mass is 9.86. The maximum absolute atomic E-state index is 12.8. The van der Waals surface area contributed by atoms with Crippen LogP contribution in [0.1, 0.15) is 61.5 Å². The van der Waals surface area contributed by atoms with Crippen LogP contribution in [0.4, 0.5) is 10.5 Å². The molecule has 1 saturated carbocycles. The number of aromatic nitrogens is 1. The molecular weight excluding hydrogens is 394 g/mol. The topological polar surface area (TPSA) is 80.8 Å². The number of benzene rings is 1. The molecule has 1 aliphatic carbocycles. The Morgan fingerprint density at radius 3 is 2.55 bits per heavy atom. The number of nitrogens with one attached hydrogen (secondary N) is 1. The van der Waals surface area contributed by atoms with Crippen molar-refractivity contribution in [2.75, 3.05) is 12.4 Å². The Labute approximate surface area is 182 Å². The van der Waals surface area contributed by atoms with Crippen LogP contribution in [0.15, 0.2) is 48.8 Å². The highest BCUT2D eigenvalue weighted by atomic mass is 16.6. The second kappa shape index (κ2) is 8.57. The lowest BCUT2D eigenvalue weighted by Gasteiger charge is -2.38. The van der Waals surface area contributed by atoms with Crippen molar-refractivity contribution in [2.45, 2.75) is 63.3 Å². The van der Waals surface area contributed by atoms with Crippen LogP contribution < -0.4 is 5.32 Å². The summed E-state index contributed by atoms with van der Waals surface area (Å²) < 4.78 is 10.6. The molecule has 2 aromatic rings. The van der Waals surface area contributed by atoms with Crippen LogP contribution in [0.2, 0.25) is 0 Å². The van der Waals surface area contributed by atoms with E-state index >= 15 is 0 Å². The Kier molecular flexibility index (Phi) is 5.85. The largest absolute Gasteiger partial charge is 0.465 e. The third kappa shape index (κ3) is 4.22. The van der Waals surface area contributed by atoms with Gasteiger partial charge in [0.2, 0.25) is 0 Å². The van der Waals surface area contributed by atoms with Crippen molar-refractivity contribution in [3.05, 3.63) is 59.9 Å². The molecule has 1 N–H and O–H groups in total. The van der Waals surface area contributed by atoms with Crippen LogP contribution in [0.3, 0.4) is 0 Å². The number of carbonyl (C=O) groups is 2. The number of amides is 1. The first kappa shape index (κ1) is 21.2. The standard InChI is InChI=1S/C24H29N3O4/c1-24(2)21(16-7-5-4-6-8-16)27(23(29)31-24)18-11-9-17(10-12-18)26-20-15-25-14-13-19(20)22(28)30-3/h4-8,13-15,17-18,21,26H,9-12H2,1-3H3/t17?,18?,21-/m0/s1. The third-order valence-corrected chi connectivity index (χ3v) is 6.29. The molecule has 2 fully saturated rings. The Hall–Kier alpha value is -3.09. The summed E-state index contributed by atoms with van der Waals surface area (Å²) in [5, 5.41) is 3.45. The predicted octanol–water partition coefficient (Wildman–Crippen LogP) is 4.56. The van der Waals surface area contributed by atoms with Crippen LogP contribution in [-0.4, -0.2) is 46.7 Å². The first-order valence-corrected chi connectivity index (χ1v) is 10.8. The van der Waals surface area contributed by atoms with E-state index in [1.165, 1.54) is 7.11 Å². The van der Waals surface area contributed by atoms with Crippen molar-refractivity contribution >= 4 is 17.7 Å². The number of hydrogen-bond acceptors (Lipinski definition) is 6. The van der Waals surface area contributed by atoms with Gasteiger partial charge in [0.1, 0.15) is 5.60 Å². The van der Waals surface area contributed by atoms with Gasteiger partial charge in [0.15, 0.2) is 0 Å². The van der Waals surface area contributed by atoms with E-state index in [0.29, 0.717) is 11.3 Å². The number of ether oxygens (including phenoxy) is 2. The van der Waals surface area contributed by atoms with Gasteiger partial charge in [-0.2, -0.15) is 0 Å². The van der Waals surface area contributed by atoms with Crippen molar-refractivity contribution in [2.24, 2.45) is 0 Å². The average molecular weight is 424 g/mol. The van der Waals surface area contributed by atoms with E-state index < -0.39 is 5.60 Å². The van der Waals surface area contributed by atoms with Gasteiger partial charge >= 0.3 is 12.1 Å². The molecule has 0 radical (unpaired) electrons. The summed E-state index contributed by atoms with van der Waals surface area (Å²) in [5.74, 6) is -0.383. The summed E-state index contributed by atoms with van der Waals surface area (Å²) in [5.41, 5.74) is 1.67. The van der Waals surface area contributed by atoms with Gasteiger partial charge < -0.3 is 14.8 Å². The van der Waals surface area contributed by atoms with Gasteiger partial charge in [-0.05, 0) is 51.2 Å². The highest BCUT2D eigenvalue weighted by Crippen LogP contribution is 2.44. The first-order chi connectivity index (χ1) is 14.9. The Morgan fingerprint density at radius 2 is 1.87 bits per heavy atom. The zero-order valence-electron chi connectivity index (χ0n) is 18.2. The van der Waals surface area contributed by atoms with Crippen molar-refractivity contribution in [1.29, 1.82) is 0 Å². The summed E-state index contributed by atoms with van der Waals surface area (Å²) in [6, 6.07) is 12.0. The van der Waals surface area contributed by atoms with Gasteiger partial charge in [-0.25, -0.2) is 9.59 Å². The van der Waals surface area contributed by atoms with Crippen LogP contribution in [0.25, 0.3) is 0 Å². The molecule has 7 nitrogen and oxygen atoms in total. The fourth-order valence-corrected chi connectivity index (χ4v) is 4.85. The molecule has 0 bridgehead atoms. The van der Waals surface area contributed by atoms with Gasteiger partial charge in [-0.1, -0.05) is 30.3 Å². The highest BCUT2D eigenvalue weighted by Gasteiger charge is 2.51. The SMILES string of the molecule is COC(=O)c1ccncc1NC1CCC(N2C(=O)OC(C)(C)[C@@H]2c2ccccc2)CC1. The molecule has 1 saturated heterocycles. The van der Waals surface area contributed by atoms with E-state index in [1.807, 2.05) is 36.9 Å². The molecule has 1 aromatic carbocycles. The molecule has 0 unspecified atom stereocenters. The minimum Gasteiger partial charge on any atom is -0.465 e. The fraction of sp³-hybridized carbons (Fsp3) is 0.458. The lowest BCUT2D eigenvalue weighted by molar-refractivity contribution is 0.0600. The van der Waals surface area contributed by atoms with Crippen LogP contribution >= 0.6 is 0 Å². The maximum atomic E-state index is 12.8. The van der Waals surface area contributed by atoms with Crippen LogP contribution in [0, 0.1) is 0 Å². The Balaban J connectivity index is 1.46. The van der Waals surface area contributed by atoms with Crippen molar-refractivity contribution < 1.29 is 19.1 Å². The average Bonchev–Trinajstić information content (AvgIpc) is 3.02. The van der Waals surface area contributed by atoms with Gasteiger partial charge in [0.05, 0.1) is 30.6 Å². The first-order valence-electron chi connectivity index (χ1n) is 10.8. The summed E-state index contributed by atoms with van der Waals surface area (Å²) in [7, 11) is 1.37. The van der Waals surface area contributed by atoms with E-state index in [9.17, 15) is 9.59 Å². The molecule has 2 heterocycles. The second-order valence-electron chi connectivity index (χ2n) is 8.75. The number of pyridine rings is 1. The Bertz CT molecular complexity index is 939. The molecule has 7 heteroatoms. The number of hydrogen-bond donors (Lipinski definition) is 1. The van der Waals surface area contributed by atoms with Crippen molar-refractivity contribution in [3.63, 3.8) is 0 Å². The quantitative estimate of drug-likeness (QED) is 0.710. The van der Waals surface area contributed by atoms with Gasteiger partial charge in [0.25, 0.3) is 0 Å². The number of cyclic esters (lactones) is 1. The normalized spacial score (nSPS) is 25.1. The summed E-state index contributed by atoms with van der Waals surface area (Å²) in [6.45, 7) is 3.96. The van der Waals surface area contributed by atoms with Crippen molar-refractivity contribution in [3.8, 4) is 0 Å². The molecule has 2 aliphatic rings. The molecule has 1 atom stereocenters. The number of anilines is 1. The minimum absolute atomic E-state index is 0.111. The molecule has 4 rings (SSSR count). The maximum Gasteiger partial charge on any atom is 0.411 e. The zero-order valence-corrected chi connectivity index (χ0v) is 18.2. The van der Waals surface area contributed by atoms with Crippen LogP contribution in [-0.2, 0) is 9.47 Å². The van der Waals surface area contributed by atoms with Gasteiger partial charge in [-0.3, -0.25) is 9.88 Å². The molecule has 31 heavy (non-hydrogen) atoms. The molecule has 164 valence electrons. The molecule has 1 amide bonds. The van der Waals surface area contributed by atoms with E-state index in [-0.39, 0.29) is 30.2 Å². The Morgan fingerprint density at radius 1 is 1.16 bits per heavy atom. The minimum atomic E-state index is -0.585. The molecule has 1 aliphatic heterocycles. The van der Waals surface area contributed by atoms with E-state index in [4.69, 9.17) is 9.47 Å². The fourth-order valence-electron chi connectivity index (χ4n) is 4.85. The smallest absolute Gasteiger partial charge is 0.411 e. The number of esters is 1. The summed E-state index contributed by atoms with van der Waals surface area (Å²) in [6.07, 6.45) is 6.48. The molecule has 1 aromatic heterocycles. The molecular formula is C24H29N3O4.